The third-order valence-corrected chi connectivity index (χ3v) is 4.20. The highest BCUT2D eigenvalue weighted by atomic mass is 32.2. The fraction of sp³-hybridized carbons (Fsp3) is 0.417. The average Bonchev–Trinajstić information content (AvgIpc) is 2.35. The minimum Gasteiger partial charge on any atom is -0.497 e. The van der Waals surface area contributed by atoms with Crippen molar-refractivity contribution in [3.05, 3.63) is 24.3 Å². The number of rotatable bonds is 5. The molecule has 0 heterocycles. The van der Waals surface area contributed by atoms with Crippen LogP contribution in [0.2, 0.25) is 0 Å². The first kappa shape index (κ1) is 15.3. The predicted molar refractivity (Wildman–Crippen MR) is 71.3 cm³/mol. The standard InChI is InChI=1S/C12H18N2O4S/c1-9(2)8-14(12(13)15)19(16,17)11-6-4-10(18-3)5-7-11/h4-7,9H,8H2,1-3H3,(H2,13,15). The summed E-state index contributed by atoms with van der Waals surface area (Å²) in [4.78, 5) is 11.3. The largest absolute Gasteiger partial charge is 0.497 e. The summed E-state index contributed by atoms with van der Waals surface area (Å²) in [5.74, 6) is 0.522. The van der Waals surface area contributed by atoms with Gasteiger partial charge in [-0.05, 0) is 30.2 Å². The van der Waals surface area contributed by atoms with Crippen LogP contribution < -0.4 is 10.5 Å². The van der Waals surface area contributed by atoms with Gasteiger partial charge in [0.1, 0.15) is 5.75 Å². The minimum absolute atomic E-state index is 0.00718. The van der Waals surface area contributed by atoms with Crippen LogP contribution in [0.15, 0.2) is 29.2 Å². The van der Waals surface area contributed by atoms with Crippen molar-refractivity contribution in [2.75, 3.05) is 13.7 Å². The monoisotopic (exact) mass is 286 g/mol. The number of hydrogen-bond acceptors (Lipinski definition) is 4. The molecule has 0 atom stereocenters. The lowest BCUT2D eigenvalue weighted by atomic mass is 10.2. The number of primary amides is 1. The van der Waals surface area contributed by atoms with Crippen molar-refractivity contribution < 1.29 is 17.9 Å². The van der Waals surface area contributed by atoms with Crippen molar-refractivity contribution in [2.24, 2.45) is 11.7 Å². The van der Waals surface area contributed by atoms with Gasteiger partial charge in [-0.15, -0.1) is 0 Å². The van der Waals surface area contributed by atoms with Crippen molar-refractivity contribution in [3.63, 3.8) is 0 Å². The lowest BCUT2D eigenvalue weighted by molar-refractivity contribution is 0.228. The van der Waals surface area contributed by atoms with Gasteiger partial charge >= 0.3 is 6.03 Å². The maximum atomic E-state index is 12.3. The Morgan fingerprint density at radius 3 is 2.21 bits per heavy atom. The van der Waals surface area contributed by atoms with Crippen LogP contribution in [0, 0.1) is 5.92 Å². The molecular weight excluding hydrogens is 268 g/mol. The van der Waals surface area contributed by atoms with Gasteiger partial charge in [-0.1, -0.05) is 13.8 Å². The lowest BCUT2D eigenvalue weighted by Crippen LogP contribution is -2.42. The van der Waals surface area contributed by atoms with Crippen molar-refractivity contribution in [2.45, 2.75) is 18.7 Å². The Balaban J connectivity index is 3.15. The number of carbonyl (C=O) groups excluding carboxylic acids is 1. The van der Waals surface area contributed by atoms with Gasteiger partial charge in [0, 0.05) is 6.54 Å². The first-order valence-electron chi connectivity index (χ1n) is 5.75. The number of sulfonamides is 1. The van der Waals surface area contributed by atoms with Gasteiger partial charge in [-0.3, -0.25) is 0 Å². The lowest BCUT2D eigenvalue weighted by Gasteiger charge is -2.22. The molecule has 1 rings (SSSR count). The molecule has 0 aliphatic rings. The second kappa shape index (κ2) is 5.92. The number of amides is 2. The fourth-order valence-corrected chi connectivity index (χ4v) is 2.98. The predicted octanol–water partition coefficient (Wildman–Crippen LogP) is 1.42. The molecular formula is C12H18N2O4S. The molecule has 7 heteroatoms. The summed E-state index contributed by atoms with van der Waals surface area (Å²) in [5.41, 5.74) is 5.15. The summed E-state index contributed by atoms with van der Waals surface area (Å²) < 4.78 is 30.2. The summed E-state index contributed by atoms with van der Waals surface area (Å²) >= 11 is 0. The van der Waals surface area contributed by atoms with Crippen molar-refractivity contribution >= 4 is 16.1 Å². The van der Waals surface area contributed by atoms with Gasteiger partial charge < -0.3 is 10.5 Å². The highest BCUT2D eigenvalue weighted by molar-refractivity contribution is 7.89. The Kier molecular flexibility index (Phi) is 4.77. The summed E-state index contributed by atoms with van der Waals surface area (Å²) in [5, 5.41) is 0. The number of methoxy groups -OCH3 is 1. The molecule has 1 aromatic rings. The Labute approximate surface area is 113 Å². The molecule has 0 aliphatic carbocycles. The van der Waals surface area contributed by atoms with Crippen molar-refractivity contribution in [3.8, 4) is 5.75 Å². The topological polar surface area (TPSA) is 89.7 Å². The molecule has 0 aromatic heterocycles. The number of carbonyl (C=O) groups is 1. The fourth-order valence-electron chi connectivity index (χ4n) is 1.51. The molecule has 0 spiro atoms. The highest BCUT2D eigenvalue weighted by Crippen LogP contribution is 2.20. The van der Waals surface area contributed by atoms with Crippen LogP contribution in [-0.4, -0.2) is 32.4 Å². The van der Waals surface area contributed by atoms with Crippen LogP contribution in [0.1, 0.15) is 13.8 Å². The van der Waals surface area contributed by atoms with E-state index in [9.17, 15) is 13.2 Å². The molecule has 0 saturated carbocycles. The van der Waals surface area contributed by atoms with E-state index < -0.39 is 16.1 Å². The van der Waals surface area contributed by atoms with E-state index in [-0.39, 0.29) is 17.4 Å². The first-order chi connectivity index (χ1) is 8.78. The average molecular weight is 286 g/mol. The van der Waals surface area contributed by atoms with Crippen LogP contribution >= 0.6 is 0 Å². The van der Waals surface area contributed by atoms with Gasteiger partial charge in [0.25, 0.3) is 10.0 Å². The van der Waals surface area contributed by atoms with Crippen molar-refractivity contribution in [1.82, 2.24) is 4.31 Å². The zero-order valence-electron chi connectivity index (χ0n) is 11.2. The van der Waals surface area contributed by atoms with E-state index in [2.05, 4.69) is 0 Å². The Bertz CT molecular complexity index is 537. The Morgan fingerprint density at radius 1 is 1.32 bits per heavy atom. The van der Waals surface area contributed by atoms with Gasteiger partial charge in [0.05, 0.1) is 12.0 Å². The minimum atomic E-state index is -3.92. The third kappa shape index (κ3) is 3.60. The second-order valence-electron chi connectivity index (χ2n) is 4.44. The van der Waals surface area contributed by atoms with E-state index in [0.717, 1.165) is 0 Å². The van der Waals surface area contributed by atoms with Gasteiger partial charge in [0.2, 0.25) is 0 Å². The normalized spacial score (nSPS) is 11.4. The summed E-state index contributed by atoms with van der Waals surface area (Å²) in [6.45, 7) is 3.66. The van der Waals surface area contributed by atoms with Crippen LogP contribution in [0.5, 0.6) is 5.75 Å². The number of nitrogens with zero attached hydrogens (tertiary/aromatic N) is 1. The summed E-state index contributed by atoms with van der Waals surface area (Å²) in [6.07, 6.45) is 0. The Morgan fingerprint density at radius 2 is 1.84 bits per heavy atom. The molecule has 0 bridgehead atoms. The summed E-state index contributed by atoms with van der Waals surface area (Å²) in [6, 6.07) is 4.81. The molecule has 19 heavy (non-hydrogen) atoms. The quantitative estimate of drug-likeness (QED) is 0.886. The number of nitrogens with two attached hydrogens (primary N) is 1. The molecule has 0 radical (unpaired) electrons. The zero-order valence-corrected chi connectivity index (χ0v) is 12.0. The van der Waals surface area contributed by atoms with Crippen LogP contribution in [0.25, 0.3) is 0 Å². The molecule has 0 aliphatic heterocycles. The second-order valence-corrected chi connectivity index (χ2v) is 6.31. The van der Waals surface area contributed by atoms with Crippen LogP contribution in [0.4, 0.5) is 4.79 Å². The number of benzene rings is 1. The maximum absolute atomic E-state index is 12.3. The number of hydrogen-bond donors (Lipinski definition) is 1. The molecule has 6 nitrogen and oxygen atoms in total. The van der Waals surface area contributed by atoms with E-state index in [1.54, 1.807) is 13.8 Å². The van der Waals surface area contributed by atoms with E-state index in [1.807, 2.05) is 0 Å². The molecule has 0 unspecified atom stereocenters. The third-order valence-electron chi connectivity index (χ3n) is 2.42. The van der Waals surface area contributed by atoms with E-state index in [0.29, 0.717) is 10.1 Å². The van der Waals surface area contributed by atoms with Gasteiger partial charge in [-0.25, -0.2) is 17.5 Å². The molecule has 106 valence electrons. The molecule has 2 N–H and O–H groups in total. The molecule has 1 aromatic carbocycles. The highest BCUT2D eigenvalue weighted by Gasteiger charge is 2.28. The smallest absolute Gasteiger partial charge is 0.328 e. The summed E-state index contributed by atoms with van der Waals surface area (Å²) in [7, 11) is -2.43. The van der Waals surface area contributed by atoms with Crippen LogP contribution in [0.3, 0.4) is 0 Å². The van der Waals surface area contributed by atoms with Crippen LogP contribution in [-0.2, 0) is 10.0 Å². The van der Waals surface area contributed by atoms with E-state index >= 15 is 0 Å². The number of ether oxygens (including phenoxy) is 1. The SMILES string of the molecule is COc1ccc(S(=O)(=O)N(CC(C)C)C(N)=O)cc1. The van der Waals surface area contributed by atoms with Gasteiger partial charge in [-0.2, -0.15) is 0 Å². The molecule has 0 saturated heterocycles. The van der Waals surface area contributed by atoms with Gasteiger partial charge in [0.15, 0.2) is 0 Å². The zero-order chi connectivity index (χ0) is 14.6. The van der Waals surface area contributed by atoms with Crippen molar-refractivity contribution in [1.29, 1.82) is 0 Å². The first-order valence-corrected chi connectivity index (χ1v) is 7.19. The number of urea groups is 1. The van der Waals surface area contributed by atoms with E-state index in [4.69, 9.17) is 10.5 Å². The maximum Gasteiger partial charge on any atom is 0.328 e. The molecule has 2 amide bonds. The Hall–Kier alpha value is -1.76. The van der Waals surface area contributed by atoms with E-state index in [1.165, 1.54) is 31.4 Å². The molecule has 0 fully saturated rings.